The highest BCUT2D eigenvalue weighted by molar-refractivity contribution is 8.18. The van der Waals surface area contributed by atoms with E-state index in [0.717, 1.165) is 16.7 Å². The molecule has 1 fully saturated rings. The fourth-order valence-corrected chi connectivity index (χ4v) is 5.44. The topological polar surface area (TPSA) is 90.0 Å². The van der Waals surface area contributed by atoms with Crippen LogP contribution in [0, 0.1) is 0 Å². The first-order chi connectivity index (χ1) is 17.1. The Morgan fingerprint density at radius 1 is 0.917 bits per heavy atom. The fourth-order valence-electron chi connectivity index (χ4n) is 3.22. The molecule has 12 heteroatoms. The van der Waals surface area contributed by atoms with Gasteiger partial charge >= 0.3 is 10.1 Å². The average molecular weight is 585 g/mol. The molecule has 0 radical (unpaired) electrons. The molecule has 0 atom stereocenters. The number of amides is 2. The Balaban J connectivity index is 1.54. The third kappa shape index (κ3) is 5.82. The molecular weight excluding hydrogens is 569 g/mol. The maximum atomic E-state index is 12.9. The van der Waals surface area contributed by atoms with Crippen molar-refractivity contribution in [3.63, 3.8) is 0 Å². The summed E-state index contributed by atoms with van der Waals surface area (Å²) in [5, 5.41) is 0.650. The molecule has 3 aromatic rings. The van der Waals surface area contributed by atoms with Gasteiger partial charge in [-0.1, -0.05) is 46.9 Å². The molecule has 0 saturated carbocycles. The lowest BCUT2D eigenvalue weighted by Gasteiger charge is -2.13. The molecule has 4 rings (SSSR count). The van der Waals surface area contributed by atoms with Crippen molar-refractivity contribution in [3.05, 3.63) is 91.8 Å². The molecule has 7 nitrogen and oxygen atoms in total. The van der Waals surface area contributed by atoms with E-state index in [1.807, 2.05) is 0 Å². The largest absolute Gasteiger partial charge is 0.493 e. The molecule has 1 aliphatic rings. The average Bonchev–Trinajstić information content (AvgIpc) is 3.09. The molecule has 2 amide bonds. The maximum Gasteiger partial charge on any atom is 0.339 e. The molecular formula is C24H16Cl3NO6S2. The number of methoxy groups -OCH3 is 1. The van der Waals surface area contributed by atoms with Crippen LogP contribution in [0.5, 0.6) is 11.5 Å². The number of carbonyl (C=O) groups excluding carboxylic acids is 2. The second kappa shape index (κ2) is 10.7. The number of nitrogens with zero attached hydrogens (tertiary/aromatic N) is 1. The minimum atomic E-state index is -4.14. The summed E-state index contributed by atoms with van der Waals surface area (Å²) in [6.07, 6.45) is 1.51. The predicted octanol–water partition coefficient (Wildman–Crippen LogP) is 6.66. The Bertz CT molecular complexity index is 1490. The van der Waals surface area contributed by atoms with Crippen LogP contribution in [0.25, 0.3) is 6.08 Å². The molecule has 0 aromatic heterocycles. The van der Waals surface area contributed by atoms with Crippen molar-refractivity contribution in [2.45, 2.75) is 11.4 Å². The molecule has 0 N–H and O–H groups in total. The minimum absolute atomic E-state index is 0.0392. The molecule has 36 heavy (non-hydrogen) atoms. The number of carbonyl (C=O) groups is 2. The van der Waals surface area contributed by atoms with Crippen LogP contribution in [-0.2, 0) is 21.5 Å². The molecule has 186 valence electrons. The van der Waals surface area contributed by atoms with Gasteiger partial charge in [-0.05, 0) is 77.5 Å². The highest BCUT2D eigenvalue weighted by atomic mass is 35.5. The lowest BCUT2D eigenvalue weighted by molar-refractivity contribution is -0.123. The minimum Gasteiger partial charge on any atom is -0.493 e. The van der Waals surface area contributed by atoms with E-state index in [1.54, 1.807) is 24.3 Å². The zero-order valence-electron chi connectivity index (χ0n) is 18.4. The van der Waals surface area contributed by atoms with Gasteiger partial charge in [-0.25, -0.2) is 0 Å². The van der Waals surface area contributed by atoms with Gasteiger partial charge in [-0.2, -0.15) is 8.42 Å². The maximum absolute atomic E-state index is 12.9. The zero-order chi connectivity index (χ0) is 26.0. The smallest absolute Gasteiger partial charge is 0.339 e. The highest BCUT2D eigenvalue weighted by Crippen LogP contribution is 2.36. The summed E-state index contributed by atoms with van der Waals surface area (Å²) < 4.78 is 35.8. The third-order valence-corrected chi connectivity index (χ3v) is 8.13. The number of ether oxygens (including phenoxy) is 1. The fraction of sp³-hybridized carbons (Fsp3) is 0.0833. The Morgan fingerprint density at radius 2 is 1.64 bits per heavy atom. The molecule has 0 unspecified atom stereocenters. The monoisotopic (exact) mass is 583 g/mol. The van der Waals surface area contributed by atoms with Gasteiger partial charge in [-0.3, -0.25) is 14.5 Å². The van der Waals surface area contributed by atoms with E-state index in [4.69, 9.17) is 43.7 Å². The van der Waals surface area contributed by atoms with Crippen LogP contribution in [0.2, 0.25) is 15.1 Å². The standard InChI is InChI=1S/C24H16Cl3NO6S2/c1-33-21-11-14(3-9-20(21)34-36(31,32)17-6-4-16(25)5-7-17)12-22-23(29)28(24(30)35-22)13-15-2-8-18(26)19(27)10-15/h2-12H,13H2,1H3/b22-12-. The number of imide groups is 1. The van der Waals surface area contributed by atoms with Gasteiger partial charge in [0.15, 0.2) is 11.5 Å². The van der Waals surface area contributed by atoms with E-state index in [2.05, 4.69) is 0 Å². The summed E-state index contributed by atoms with van der Waals surface area (Å²) in [6.45, 7) is 0.0392. The van der Waals surface area contributed by atoms with Crippen molar-refractivity contribution in [1.82, 2.24) is 4.90 Å². The number of rotatable bonds is 7. The van der Waals surface area contributed by atoms with E-state index in [1.165, 1.54) is 49.6 Å². The molecule has 0 spiro atoms. The summed E-state index contributed by atoms with van der Waals surface area (Å²) in [7, 11) is -2.78. The number of thioether (sulfide) groups is 1. The van der Waals surface area contributed by atoms with E-state index < -0.39 is 21.3 Å². The van der Waals surface area contributed by atoms with Crippen LogP contribution in [0.15, 0.2) is 70.5 Å². The Kier molecular flexibility index (Phi) is 7.87. The first-order valence-electron chi connectivity index (χ1n) is 10.1. The van der Waals surface area contributed by atoms with E-state index in [9.17, 15) is 18.0 Å². The van der Waals surface area contributed by atoms with Crippen molar-refractivity contribution in [3.8, 4) is 11.5 Å². The summed E-state index contributed by atoms with van der Waals surface area (Å²) in [5.41, 5.74) is 1.15. The second-order valence-electron chi connectivity index (χ2n) is 7.42. The van der Waals surface area contributed by atoms with Crippen LogP contribution in [0.1, 0.15) is 11.1 Å². The molecule has 3 aromatic carbocycles. The van der Waals surface area contributed by atoms with Crippen molar-refractivity contribution >= 4 is 73.9 Å². The number of hydrogen-bond acceptors (Lipinski definition) is 7. The third-order valence-electron chi connectivity index (χ3n) is 4.99. The molecule has 1 saturated heterocycles. The predicted molar refractivity (Wildman–Crippen MR) is 140 cm³/mol. The normalized spacial score (nSPS) is 15.0. The van der Waals surface area contributed by atoms with Gasteiger partial charge in [0.05, 0.1) is 28.6 Å². The summed E-state index contributed by atoms with van der Waals surface area (Å²) in [4.78, 5) is 26.6. The van der Waals surface area contributed by atoms with Gasteiger partial charge in [-0.15, -0.1) is 0 Å². The molecule has 0 bridgehead atoms. The SMILES string of the molecule is COc1cc(/C=C2\SC(=O)N(Cc3ccc(Cl)c(Cl)c3)C2=O)ccc1OS(=O)(=O)c1ccc(Cl)cc1. The van der Waals surface area contributed by atoms with E-state index in [0.29, 0.717) is 26.2 Å². The summed E-state index contributed by atoms with van der Waals surface area (Å²) in [5.74, 6) is -0.394. The van der Waals surface area contributed by atoms with Crippen LogP contribution in [0.3, 0.4) is 0 Å². The Morgan fingerprint density at radius 3 is 2.31 bits per heavy atom. The van der Waals surface area contributed by atoms with Crippen molar-refractivity contribution in [2.24, 2.45) is 0 Å². The van der Waals surface area contributed by atoms with E-state index >= 15 is 0 Å². The lowest BCUT2D eigenvalue weighted by atomic mass is 10.1. The Labute approximate surface area is 226 Å². The first-order valence-corrected chi connectivity index (χ1v) is 13.5. The highest BCUT2D eigenvalue weighted by Gasteiger charge is 2.35. The number of halogens is 3. The van der Waals surface area contributed by atoms with Gasteiger partial charge in [0.1, 0.15) is 4.90 Å². The van der Waals surface area contributed by atoms with E-state index in [-0.39, 0.29) is 27.8 Å². The molecule has 1 aliphatic heterocycles. The van der Waals surface area contributed by atoms with Crippen LogP contribution in [0.4, 0.5) is 4.79 Å². The second-order valence-corrected chi connectivity index (χ2v) is 11.2. The first kappa shape index (κ1) is 26.4. The van der Waals surface area contributed by atoms with Crippen molar-refractivity contribution in [1.29, 1.82) is 0 Å². The molecule has 1 heterocycles. The zero-order valence-corrected chi connectivity index (χ0v) is 22.3. The number of benzene rings is 3. The Hall–Kier alpha value is -2.69. The van der Waals surface area contributed by atoms with Gasteiger partial charge in [0.25, 0.3) is 11.1 Å². The summed E-state index contributed by atoms with van der Waals surface area (Å²) >= 11 is 18.6. The quantitative estimate of drug-likeness (QED) is 0.227. The summed E-state index contributed by atoms with van der Waals surface area (Å²) in [6, 6.07) is 14.8. The van der Waals surface area contributed by atoms with Gasteiger partial charge in [0, 0.05) is 5.02 Å². The number of hydrogen-bond donors (Lipinski definition) is 0. The lowest BCUT2D eigenvalue weighted by Crippen LogP contribution is -2.27. The van der Waals surface area contributed by atoms with Crippen molar-refractivity contribution < 1.29 is 26.9 Å². The van der Waals surface area contributed by atoms with Gasteiger partial charge in [0.2, 0.25) is 0 Å². The van der Waals surface area contributed by atoms with Crippen molar-refractivity contribution in [2.75, 3.05) is 7.11 Å². The van der Waals surface area contributed by atoms with Crippen LogP contribution in [-0.4, -0.2) is 31.6 Å². The van der Waals surface area contributed by atoms with Crippen LogP contribution < -0.4 is 8.92 Å². The molecule has 0 aliphatic carbocycles. The van der Waals surface area contributed by atoms with Gasteiger partial charge < -0.3 is 8.92 Å². The van der Waals surface area contributed by atoms with Crippen LogP contribution >= 0.6 is 46.6 Å².